The molecule has 1 aliphatic heterocycles. The van der Waals surface area contributed by atoms with Gasteiger partial charge in [-0.25, -0.2) is 4.79 Å². The number of carbonyl (C=O) groups is 1. The Bertz CT molecular complexity index is 175. The van der Waals surface area contributed by atoms with E-state index in [4.69, 9.17) is 9.47 Å². The fourth-order valence-electron chi connectivity index (χ4n) is 1.33. The minimum atomic E-state index is 0.0434. The van der Waals surface area contributed by atoms with Crippen molar-refractivity contribution in [2.45, 2.75) is 6.42 Å². The van der Waals surface area contributed by atoms with Gasteiger partial charge in [-0.2, -0.15) is 0 Å². The van der Waals surface area contributed by atoms with Gasteiger partial charge in [0.05, 0.1) is 13.2 Å². The first-order valence-electron chi connectivity index (χ1n) is 4.94. The minimum absolute atomic E-state index is 0.0434. The summed E-state index contributed by atoms with van der Waals surface area (Å²) in [6.45, 7) is 4.30. The van der Waals surface area contributed by atoms with Gasteiger partial charge in [-0.05, 0) is 6.42 Å². The highest BCUT2D eigenvalue weighted by Crippen LogP contribution is 1.97. The highest BCUT2D eigenvalue weighted by molar-refractivity contribution is 5.76. The highest BCUT2D eigenvalue weighted by Gasteiger charge is 2.17. The van der Waals surface area contributed by atoms with E-state index in [1.54, 1.807) is 12.0 Å². The van der Waals surface area contributed by atoms with Gasteiger partial charge >= 0.3 is 6.03 Å². The Morgan fingerprint density at radius 1 is 1.43 bits per heavy atom. The van der Waals surface area contributed by atoms with E-state index < -0.39 is 0 Å². The van der Waals surface area contributed by atoms with Crippen LogP contribution in [0.25, 0.3) is 0 Å². The Hall–Kier alpha value is -0.810. The first kappa shape index (κ1) is 11.3. The maximum Gasteiger partial charge on any atom is 0.317 e. The zero-order valence-corrected chi connectivity index (χ0v) is 8.62. The van der Waals surface area contributed by atoms with Crippen LogP contribution >= 0.6 is 0 Å². The van der Waals surface area contributed by atoms with Gasteiger partial charge in [0.1, 0.15) is 0 Å². The van der Waals surface area contributed by atoms with Gasteiger partial charge in [0, 0.05) is 33.4 Å². The number of nitrogens with one attached hydrogen (secondary N) is 1. The van der Waals surface area contributed by atoms with Crippen LogP contribution in [0.5, 0.6) is 0 Å². The quantitative estimate of drug-likeness (QED) is 0.594. The van der Waals surface area contributed by atoms with Crippen LogP contribution in [-0.4, -0.2) is 57.5 Å². The summed E-state index contributed by atoms with van der Waals surface area (Å²) >= 11 is 0. The zero-order valence-electron chi connectivity index (χ0n) is 8.62. The molecule has 1 fully saturated rings. The smallest absolute Gasteiger partial charge is 0.317 e. The molecule has 1 saturated heterocycles. The van der Waals surface area contributed by atoms with E-state index in [9.17, 15) is 4.79 Å². The van der Waals surface area contributed by atoms with Crippen molar-refractivity contribution >= 4 is 6.03 Å². The summed E-state index contributed by atoms with van der Waals surface area (Å²) in [7, 11) is 1.65. The molecule has 2 amide bonds. The summed E-state index contributed by atoms with van der Waals surface area (Å²) < 4.78 is 10.1. The SMILES string of the molecule is COCCOCCCN1CCNC1=O. The molecule has 5 heteroatoms. The third kappa shape index (κ3) is 3.93. The average Bonchev–Trinajstić information content (AvgIpc) is 2.58. The van der Waals surface area contributed by atoms with Crippen LogP contribution in [-0.2, 0) is 9.47 Å². The van der Waals surface area contributed by atoms with E-state index in [0.29, 0.717) is 19.8 Å². The van der Waals surface area contributed by atoms with E-state index >= 15 is 0 Å². The molecule has 0 aromatic carbocycles. The molecular weight excluding hydrogens is 184 g/mol. The first-order valence-corrected chi connectivity index (χ1v) is 4.94. The molecule has 0 radical (unpaired) electrons. The predicted molar refractivity (Wildman–Crippen MR) is 52.3 cm³/mol. The summed E-state index contributed by atoms with van der Waals surface area (Å²) in [5, 5.41) is 2.76. The number of urea groups is 1. The van der Waals surface area contributed by atoms with Crippen molar-refractivity contribution in [2.24, 2.45) is 0 Å². The van der Waals surface area contributed by atoms with Gasteiger partial charge in [-0.15, -0.1) is 0 Å². The Kier molecular flexibility index (Phi) is 5.32. The molecule has 1 aliphatic rings. The molecule has 1 heterocycles. The Labute approximate surface area is 84.4 Å². The van der Waals surface area contributed by atoms with Crippen molar-refractivity contribution in [1.82, 2.24) is 10.2 Å². The molecule has 1 rings (SSSR count). The van der Waals surface area contributed by atoms with Gasteiger partial charge in [0.2, 0.25) is 0 Å². The molecule has 0 aromatic rings. The van der Waals surface area contributed by atoms with Gasteiger partial charge in [0.15, 0.2) is 0 Å². The Morgan fingerprint density at radius 3 is 2.93 bits per heavy atom. The summed E-state index contributed by atoms with van der Waals surface area (Å²) in [5.74, 6) is 0. The number of carbonyl (C=O) groups excluding carboxylic acids is 1. The van der Waals surface area contributed by atoms with Crippen molar-refractivity contribution in [2.75, 3.05) is 46.6 Å². The number of methoxy groups -OCH3 is 1. The van der Waals surface area contributed by atoms with Crippen molar-refractivity contribution in [1.29, 1.82) is 0 Å². The van der Waals surface area contributed by atoms with Crippen LogP contribution in [0.3, 0.4) is 0 Å². The summed E-state index contributed by atoms with van der Waals surface area (Å²) in [6.07, 6.45) is 0.886. The molecule has 0 spiro atoms. The molecule has 1 N–H and O–H groups in total. The summed E-state index contributed by atoms with van der Waals surface area (Å²) in [5.41, 5.74) is 0. The molecule has 0 unspecified atom stereocenters. The molecule has 0 bridgehead atoms. The first-order chi connectivity index (χ1) is 6.84. The van der Waals surface area contributed by atoms with Crippen molar-refractivity contribution in [3.8, 4) is 0 Å². The van der Waals surface area contributed by atoms with Gasteiger partial charge in [0.25, 0.3) is 0 Å². The maximum absolute atomic E-state index is 11.1. The Morgan fingerprint density at radius 2 is 2.29 bits per heavy atom. The topological polar surface area (TPSA) is 50.8 Å². The molecule has 82 valence electrons. The normalized spacial score (nSPS) is 16.1. The lowest BCUT2D eigenvalue weighted by Crippen LogP contribution is -2.29. The second-order valence-electron chi connectivity index (χ2n) is 3.18. The van der Waals surface area contributed by atoms with E-state index in [-0.39, 0.29) is 6.03 Å². The lowest BCUT2D eigenvalue weighted by molar-refractivity contribution is 0.0671. The number of hydrogen-bond donors (Lipinski definition) is 1. The fraction of sp³-hybridized carbons (Fsp3) is 0.889. The molecule has 0 aliphatic carbocycles. The molecule has 14 heavy (non-hydrogen) atoms. The monoisotopic (exact) mass is 202 g/mol. The van der Waals surface area contributed by atoms with E-state index in [1.165, 1.54) is 0 Å². The van der Waals surface area contributed by atoms with Gasteiger partial charge in [-0.3, -0.25) is 0 Å². The summed E-state index contributed by atoms with van der Waals surface area (Å²) in [6, 6.07) is 0.0434. The number of nitrogens with zero attached hydrogens (tertiary/aromatic N) is 1. The number of amides is 2. The van der Waals surface area contributed by atoms with Crippen molar-refractivity contribution < 1.29 is 14.3 Å². The van der Waals surface area contributed by atoms with Crippen LogP contribution in [0.1, 0.15) is 6.42 Å². The number of hydrogen-bond acceptors (Lipinski definition) is 3. The summed E-state index contributed by atoms with van der Waals surface area (Å²) in [4.78, 5) is 12.9. The van der Waals surface area contributed by atoms with Gasteiger partial charge in [-0.1, -0.05) is 0 Å². The van der Waals surface area contributed by atoms with Crippen LogP contribution in [0.2, 0.25) is 0 Å². The highest BCUT2D eigenvalue weighted by atomic mass is 16.5. The predicted octanol–water partition coefficient (Wildman–Crippen LogP) is 0.0647. The molecule has 0 atom stereocenters. The third-order valence-corrected chi connectivity index (χ3v) is 2.09. The minimum Gasteiger partial charge on any atom is -0.382 e. The Balaban J connectivity index is 1.90. The van der Waals surface area contributed by atoms with Crippen LogP contribution in [0.4, 0.5) is 4.79 Å². The van der Waals surface area contributed by atoms with E-state index in [1.807, 2.05) is 0 Å². The molecule has 0 aromatic heterocycles. The average molecular weight is 202 g/mol. The molecule has 5 nitrogen and oxygen atoms in total. The number of ether oxygens (including phenoxy) is 2. The lowest BCUT2D eigenvalue weighted by Gasteiger charge is -2.13. The van der Waals surface area contributed by atoms with Crippen molar-refractivity contribution in [3.63, 3.8) is 0 Å². The third-order valence-electron chi connectivity index (χ3n) is 2.09. The molecular formula is C9H18N2O3. The second-order valence-corrected chi connectivity index (χ2v) is 3.18. The van der Waals surface area contributed by atoms with Crippen molar-refractivity contribution in [3.05, 3.63) is 0 Å². The molecule has 0 saturated carbocycles. The largest absolute Gasteiger partial charge is 0.382 e. The lowest BCUT2D eigenvalue weighted by atomic mass is 10.4. The maximum atomic E-state index is 11.1. The van der Waals surface area contributed by atoms with Crippen LogP contribution in [0.15, 0.2) is 0 Å². The number of rotatable bonds is 7. The van der Waals surface area contributed by atoms with E-state index in [0.717, 1.165) is 26.1 Å². The zero-order chi connectivity index (χ0) is 10.2. The van der Waals surface area contributed by atoms with Crippen LogP contribution < -0.4 is 5.32 Å². The van der Waals surface area contributed by atoms with E-state index in [2.05, 4.69) is 5.32 Å². The van der Waals surface area contributed by atoms with Crippen LogP contribution in [0, 0.1) is 0 Å². The second kappa shape index (κ2) is 6.62. The standard InChI is InChI=1S/C9H18N2O3/c1-13-7-8-14-6-2-4-11-5-3-10-9(11)12/h2-8H2,1H3,(H,10,12). The van der Waals surface area contributed by atoms with Gasteiger partial charge < -0.3 is 19.7 Å². The fourth-order valence-corrected chi connectivity index (χ4v) is 1.33.